The van der Waals surface area contributed by atoms with E-state index in [1.165, 1.54) is 0 Å². The van der Waals surface area contributed by atoms with Gasteiger partial charge in [0, 0.05) is 18.7 Å². The molecule has 1 aliphatic heterocycles. The van der Waals surface area contributed by atoms with Crippen molar-refractivity contribution in [2.75, 3.05) is 20.2 Å². The summed E-state index contributed by atoms with van der Waals surface area (Å²) in [6, 6.07) is 14.3. The zero-order valence-corrected chi connectivity index (χ0v) is 17.1. The third kappa shape index (κ3) is 4.33. The van der Waals surface area contributed by atoms with Gasteiger partial charge in [0.25, 0.3) is 0 Å². The summed E-state index contributed by atoms with van der Waals surface area (Å²) in [5, 5.41) is 4.03. The molecule has 3 aromatic rings. The third-order valence-corrected chi connectivity index (χ3v) is 6.96. The lowest BCUT2D eigenvalue weighted by Gasteiger charge is -2.25. The SMILES string of the molecule is COc1ccc(Cc2nc(-c3ccc(S(=O)(=O)N4CCCCC4)cc3)no2)cc1. The Labute approximate surface area is 170 Å². The normalized spacial score (nSPS) is 15.3. The average Bonchev–Trinajstić information content (AvgIpc) is 3.23. The predicted molar refractivity (Wildman–Crippen MR) is 108 cm³/mol. The quantitative estimate of drug-likeness (QED) is 0.615. The largest absolute Gasteiger partial charge is 0.497 e. The fourth-order valence-electron chi connectivity index (χ4n) is 3.39. The first-order valence-corrected chi connectivity index (χ1v) is 11.1. The number of rotatable bonds is 6. The lowest BCUT2D eigenvalue weighted by molar-refractivity contribution is 0.346. The molecule has 2 aromatic carbocycles. The molecule has 1 aliphatic rings. The smallest absolute Gasteiger partial charge is 0.243 e. The van der Waals surface area contributed by atoms with Crippen LogP contribution in [-0.4, -0.2) is 43.1 Å². The van der Waals surface area contributed by atoms with Gasteiger partial charge in [-0.05, 0) is 54.8 Å². The summed E-state index contributed by atoms with van der Waals surface area (Å²) in [4.78, 5) is 4.73. The van der Waals surface area contributed by atoms with Crippen molar-refractivity contribution in [3.63, 3.8) is 0 Å². The van der Waals surface area contributed by atoms with Crippen LogP contribution in [-0.2, 0) is 16.4 Å². The fourth-order valence-corrected chi connectivity index (χ4v) is 4.91. The molecule has 0 spiro atoms. The Hall–Kier alpha value is -2.71. The predicted octanol–water partition coefficient (Wildman–Crippen LogP) is 3.51. The van der Waals surface area contributed by atoms with Crippen molar-refractivity contribution < 1.29 is 17.7 Å². The maximum Gasteiger partial charge on any atom is 0.243 e. The molecular weight excluding hydrogens is 390 g/mol. The number of hydrogen-bond donors (Lipinski definition) is 0. The van der Waals surface area contributed by atoms with Gasteiger partial charge in [0.05, 0.1) is 18.4 Å². The van der Waals surface area contributed by atoms with Crippen molar-refractivity contribution in [2.24, 2.45) is 0 Å². The van der Waals surface area contributed by atoms with Gasteiger partial charge >= 0.3 is 0 Å². The van der Waals surface area contributed by atoms with Gasteiger partial charge < -0.3 is 9.26 Å². The van der Waals surface area contributed by atoms with Crippen molar-refractivity contribution in [2.45, 2.75) is 30.6 Å². The first-order valence-electron chi connectivity index (χ1n) is 9.62. The minimum atomic E-state index is -3.44. The van der Waals surface area contributed by atoms with Gasteiger partial charge in [0.1, 0.15) is 5.75 Å². The van der Waals surface area contributed by atoms with E-state index in [-0.39, 0.29) is 0 Å². The number of sulfonamides is 1. The van der Waals surface area contributed by atoms with E-state index in [0.717, 1.165) is 30.6 Å². The van der Waals surface area contributed by atoms with Gasteiger partial charge in [0.2, 0.25) is 21.7 Å². The molecule has 0 bridgehead atoms. The minimum absolute atomic E-state index is 0.296. The van der Waals surface area contributed by atoms with E-state index >= 15 is 0 Å². The average molecular weight is 413 g/mol. The van der Waals surface area contributed by atoms with Crippen LogP contribution in [0.5, 0.6) is 5.75 Å². The zero-order chi connectivity index (χ0) is 20.3. The zero-order valence-electron chi connectivity index (χ0n) is 16.2. The highest BCUT2D eigenvalue weighted by Crippen LogP contribution is 2.24. The summed E-state index contributed by atoms with van der Waals surface area (Å²) in [6.07, 6.45) is 3.42. The summed E-state index contributed by atoms with van der Waals surface area (Å²) in [6.45, 7) is 1.17. The first kappa shape index (κ1) is 19.6. The van der Waals surface area contributed by atoms with E-state index in [0.29, 0.717) is 41.7 Å². The number of piperidine rings is 1. The van der Waals surface area contributed by atoms with Crippen LogP contribution in [0, 0.1) is 0 Å². The van der Waals surface area contributed by atoms with Crippen LogP contribution in [0.2, 0.25) is 0 Å². The Bertz CT molecular complexity index is 1050. The number of aromatic nitrogens is 2. The Kier molecular flexibility index (Phi) is 5.64. The highest BCUT2D eigenvalue weighted by Gasteiger charge is 2.25. The number of nitrogens with zero attached hydrogens (tertiary/aromatic N) is 3. The Balaban J connectivity index is 1.48. The molecule has 1 aromatic heterocycles. The molecular formula is C21H23N3O4S. The van der Waals surface area contributed by atoms with Crippen LogP contribution in [0.4, 0.5) is 0 Å². The Morgan fingerprint density at radius 3 is 2.34 bits per heavy atom. The molecule has 0 unspecified atom stereocenters. The van der Waals surface area contributed by atoms with Gasteiger partial charge in [-0.2, -0.15) is 9.29 Å². The van der Waals surface area contributed by atoms with E-state index in [2.05, 4.69) is 10.1 Å². The lowest BCUT2D eigenvalue weighted by Crippen LogP contribution is -2.35. The van der Waals surface area contributed by atoms with Crippen LogP contribution in [0.1, 0.15) is 30.7 Å². The second-order valence-corrected chi connectivity index (χ2v) is 8.96. The summed E-state index contributed by atoms with van der Waals surface area (Å²) in [5.74, 6) is 1.73. The highest BCUT2D eigenvalue weighted by atomic mass is 32.2. The number of benzene rings is 2. The maximum absolute atomic E-state index is 12.8. The number of hydrogen-bond acceptors (Lipinski definition) is 6. The van der Waals surface area contributed by atoms with Crippen LogP contribution < -0.4 is 4.74 Å². The van der Waals surface area contributed by atoms with Gasteiger partial charge in [-0.25, -0.2) is 8.42 Å². The van der Waals surface area contributed by atoms with Crippen molar-refractivity contribution in [3.8, 4) is 17.1 Å². The van der Waals surface area contributed by atoms with E-state index < -0.39 is 10.0 Å². The number of ether oxygens (including phenoxy) is 1. The standard InChI is InChI=1S/C21H23N3O4S/c1-27-18-9-5-16(6-10-18)15-20-22-21(23-28-20)17-7-11-19(12-8-17)29(25,26)24-13-3-2-4-14-24/h5-12H,2-4,13-15H2,1H3. The van der Waals surface area contributed by atoms with Gasteiger partial charge in [0.15, 0.2) is 0 Å². The summed E-state index contributed by atoms with van der Waals surface area (Å²) in [5.41, 5.74) is 1.75. The molecule has 152 valence electrons. The van der Waals surface area contributed by atoms with Gasteiger partial charge in [-0.1, -0.05) is 23.7 Å². The van der Waals surface area contributed by atoms with Gasteiger partial charge in [-0.3, -0.25) is 0 Å². The van der Waals surface area contributed by atoms with Crippen molar-refractivity contribution >= 4 is 10.0 Å². The Morgan fingerprint density at radius 1 is 1.00 bits per heavy atom. The second-order valence-electron chi connectivity index (χ2n) is 7.03. The summed E-state index contributed by atoms with van der Waals surface area (Å²) >= 11 is 0. The van der Waals surface area contributed by atoms with E-state index in [1.54, 1.807) is 35.7 Å². The molecule has 0 atom stereocenters. The molecule has 2 heterocycles. The molecule has 4 rings (SSSR count). The molecule has 0 radical (unpaired) electrons. The van der Waals surface area contributed by atoms with Crippen LogP contribution in [0.3, 0.4) is 0 Å². The molecule has 0 amide bonds. The first-order chi connectivity index (χ1) is 14.1. The third-order valence-electron chi connectivity index (χ3n) is 5.05. The maximum atomic E-state index is 12.8. The van der Waals surface area contributed by atoms with Crippen molar-refractivity contribution in [1.29, 1.82) is 0 Å². The van der Waals surface area contributed by atoms with Crippen LogP contribution in [0.15, 0.2) is 57.9 Å². The summed E-state index contributed by atoms with van der Waals surface area (Å²) < 4.78 is 37.6. The molecule has 29 heavy (non-hydrogen) atoms. The summed E-state index contributed by atoms with van der Waals surface area (Å²) in [7, 11) is -1.82. The molecule has 1 saturated heterocycles. The molecule has 0 saturated carbocycles. The monoisotopic (exact) mass is 413 g/mol. The minimum Gasteiger partial charge on any atom is -0.497 e. The van der Waals surface area contributed by atoms with Crippen LogP contribution in [0.25, 0.3) is 11.4 Å². The fraction of sp³-hybridized carbons (Fsp3) is 0.333. The van der Waals surface area contributed by atoms with E-state index in [4.69, 9.17) is 9.26 Å². The molecule has 0 N–H and O–H groups in total. The van der Waals surface area contributed by atoms with E-state index in [9.17, 15) is 8.42 Å². The van der Waals surface area contributed by atoms with Crippen molar-refractivity contribution in [3.05, 3.63) is 60.0 Å². The van der Waals surface area contributed by atoms with Crippen molar-refractivity contribution in [1.82, 2.24) is 14.4 Å². The van der Waals surface area contributed by atoms with E-state index in [1.807, 2.05) is 24.3 Å². The lowest BCUT2D eigenvalue weighted by atomic mass is 10.1. The van der Waals surface area contributed by atoms with Gasteiger partial charge in [-0.15, -0.1) is 0 Å². The topological polar surface area (TPSA) is 85.5 Å². The Morgan fingerprint density at radius 2 is 1.69 bits per heavy atom. The molecule has 1 fully saturated rings. The number of methoxy groups -OCH3 is 1. The second kappa shape index (κ2) is 8.34. The molecule has 0 aliphatic carbocycles. The molecule has 8 heteroatoms. The highest BCUT2D eigenvalue weighted by molar-refractivity contribution is 7.89. The molecule has 7 nitrogen and oxygen atoms in total. The van der Waals surface area contributed by atoms with Crippen LogP contribution >= 0.6 is 0 Å².